The SMILES string of the molecule is CN=C(NCCCc1ccccc1)NCC1CCN(Cc2csc(C)n2)CC1.I. The van der Waals surface area contributed by atoms with Gasteiger partial charge in [0.05, 0.1) is 10.7 Å². The molecule has 1 saturated heterocycles. The standard InChI is InChI=1S/C22H33N5S.HI/c1-18-26-21(17-28-18)16-27-13-10-20(11-14-27)15-25-22(23-2)24-12-6-9-19-7-4-3-5-8-19;/h3-5,7-8,17,20H,6,9-16H2,1-2H3,(H2,23,24,25);1H. The van der Waals surface area contributed by atoms with Crippen LogP contribution in [0, 0.1) is 12.8 Å². The van der Waals surface area contributed by atoms with Gasteiger partial charge in [-0.15, -0.1) is 35.3 Å². The van der Waals surface area contributed by atoms with Crippen molar-refractivity contribution in [1.29, 1.82) is 0 Å². The third-order valence-corrected chi connectivity index (χ3v) is 6.14. The van der Waals surface area contributed by atoms with Crippen LogP contribution in [0.25, 0.3) is 0 Å². The first kappa shape index (κ1) is 24.1. The normalized spacial score (nSPS) is 15.7. The molecule has 0 bridgehead atoms. The summed E-state index contributed by atoms with van der Waals surface area (Å²) >= 11 is 1.75. The van der Waals surface area contributed by atoms with Crippen molar-refractivity contribution in [3.8, 4) is 0 Å². The van der Waals surface area contributed by atoms with Gasteiger partial charge in [-0.05, 0) is 57.2 Å². The largest absolute Gasteiger partial charge is 0.356 e. The van der Waals surface area contributed by atoms with E-state index in [-0.39, 0.29) is 24.0 Å². The molecule has 160 valence electrons. The summed E-state index contributed by atoms with van der Waals surface area (Å²) in [6, 6.07) is 10.7. The molecule has 1 aromatic carbocycles. The Kier molecular flexibility index (Phi) is 10.9. The van der Waals surface area contributed by atoms with Crippen LogP contribution in [0.5, 0.6) is 0 Å². The molecule has 1 aliphatic rings. The number of halogens is 1. The van der Waals surface area contributed by atoms with E-state index >= 15 is 0 Å². The monoisotopic (exact) mass is 527 g/mol. The zero-order valence-electron chi connectivity index (χ0n) is 17.6. The predicted octanol–water partition coefficient (Wildman–Crippen LogP) is 4.08. The first-order chi connectivity index (χ1) is 13.7. The van der Waals surface area contributed by atoms with Gasteiger partial charge in [0, 0.05) is 32.1 Å². The van der Waals surface area contributed by atoms with Gasteiger partial charge in [-0.1, -0.05) is 30.3 Å². The summed E-state index contributed by atoms with van der Waals surface area (Å²) in [6.45, 7) is 7.34. The highest BCUT2D eigenvalue weighted by atomic mass is 127. The number of benzene rings is 1. The molecule has 2 aromatic rings. The number of nitrogens with zero attached hydrogens (tertiary/aromatic N) is 3. The fraction of sp³-hybridized carbons (Fsp3) is 0.545. The van der Waals surface area contributed by atoms with Gasteiger partial charge in [-0.2, -0.15) is 0 Å². The van der Waals surface area contributed by atoms with Crippen molar-refractivity contribution in [2.24, 2.45) is 10.9 Å². The van der Waals surface area contributed by atoms with E-state index in [4.69, 9.17) is 0 Å². The number of guanidine groups is 1. The van der Waals surface area contributed by atoms with E-state index in [2.05, 4.69) is 68.1 Å². The highest BCUT2D eigenvalue weighted by molar-refractivity contribution is 14.0. The van der Waals surface area contributed by atoms with E-state index < -0.39 is 0 Å². The fourth-order valence-corrected chi connectivity index (χ4v) is 4.27. The van der Waals surface area contributed by atoms with Gasteiger partial charge >= 0.3 is 0 Å². The van der Waals surface area contributed by atoms with Gasteiger partial charge in [-0.25, -0.2) is 4.98 Å². The molecule has 3 rings (SSSR count). The summed E-state index contributed by atoms with van der Waals surface area (Å²) in [5.74, 6) is 1.64. The summed E-state index contributed by atoms with van der Waals surface area (Å²) in [6.07, 6.45) is 4.68. The molecule has 0 unspecified atom stereocenters. The van der Waals surface area contributed by atoms with Crippen LogP contribution in [0.3, 0.4) is 0 Å². The molecule has 2 heterocycles. The maximum atomic E-state index is 4.59. The fourth-order valence-electron chi connectivity index (χ4n) is 3.66. The van der Waals surface area contributed by atoms with E-state index in [0.717, 1.165) is 62.5 Å². The molecular formula is C22H34IN5S. The number of thiazole rings is 1. The average molecular weight is 528 g/mol. The van der Waals surface area contributed by atoms with Gasteiger partial charge in [0.2, 0.25) is 0 Å². The third-order valence-electron chi connectivity index (χ3n) is 5.32. The van der Waals surface area contributed by atoms with Gasteiger partial charge in [0.15, 0.2) is 5.96 Å². The molecule has 29 heavy (non-hydrogen) atoms. The maximum Gasteiger partial charge on any atom is 0.190 e. The molecule has 1 aromatic heterocycles. The molecule has 5 nitrogen and oxygen atoms in total. The summed E-state index contributed by atoms with van der Waals surface area (Å²) in [5, 5.41) is 10.3. The lowest BCUT2D eigenvalue weighted by atomic mass is 9.97. The number of nitrogens with one attached hydrogen (secondary N) is 2. The molecule has 0 aliphatic carbocycles. The van der Waals surface area contributed by atoms with Crippen LogP contribution in [0.4, 0.5) is 0 Å². The number of likely N-dealkylation sites (tertiary alicyclic amines) is 1. The van der Waals surface area contributed by atoms with Crippen LogP contribution in [0.2, 0.25) is 0 Å². The van der Waals surface area contributed by atoms with E-state index in [1.807, 2.05) is 7.05 Å². The van der Waals surface area contributed by atoms with Gasteiger partial charge in [0.25, 0.3) is 0 Å². The van der Waals surface area contributed by atoms with Crippen molar-refractivity contribution in [1.82, 2.24) is 20.5 Å². The lowest BCUT2D eigenvalue weighted by Gasteiger charge is -2.31. The minimum Gasteiger partial charge on any atom is -0.356 e. The van der Waals surface area contributed by atoms with Crippen LogP contribution < -0.4 is 10.6 Å². The Labute approximate surface area is 196 Å². The van der Waals surface area contributed by atoms with E-state index in [9.17, 15) is 0 Å². The molecule has 0 radical (unpaired) electrons. The maximum absolute atomic E-state index is 4.59. The molecule has 0 spiro atoms. The highest BCUT2D eigenvalue weighted by Crippen LogP contribution is 2.19. The molecule has 2 N–H and O–H groups in total. The second kappa shape index (κ2) is 13.2. The molecular weight excluding hydrogens is 493 g/mol. The van der Waals surface area contributed by atoms with Crippen LogP contribution in [-0.4, -0.2) is 49.1 Å². The first-order valence-electron chi connectivity index (χ1n) is 10.3. The van der Waals surface area contributed by atoms with Crippen molar-refractivity contribution in [3.63, 3.8) is 0 Å². The van der Waals surface area contributed by atoms with Crippen molar-refractivity contribution < 1.29 is 0 Å². The Morgan fingerprint density at radius 3 is 2.62 bits per heavy atom. The molecule has 7 heteroatoms. The number of aliphatic imine (C=N–C) groups is 1. The van der Waals surface area contributed by atoms with Crippen LogP contribution in [0.1, 0.15) is 35.5 Å². The van der Waals surface area contributed by atoms with Crippen molar-refractivity contribution in [2.75, 3.05) is 33.2 Å². The van der Waals surface area contributed by atoms with E-state index in [1.54, 1.807) is 11.3 Å². The molecule has 0 saturated carbocycles. The second-order valence-electron chi connectivity index (χ2n) is 7.55. The van der Waals surface area contributed by atoms with Crippen LogP contribution in [-0.2, 0) is 13.0 Å². The summed E-state index contributed by atoms with van der Waals surface area (Å²) in [7, 11) is 1.85. The summed E-state index contributed by atoms with van der Waals surface area (Å²) in [5.41, 5.74) is 2.62. The minimum absolute atomic E-state index is 0. The minimum atomic E-state index is 0. The molecule has 1 fully saturated rings. The average Bonchev–Trinajstić information content (AvgIpc) is 3.14. The topological polar surface area (TPSA) is 52.6 Å². The predicted molar refractivity (Wildman–Crippen MR) is 134 cm³/mol. The Morgan fingerprint density at radius 2 is 1.97 bits per heavy atom. The Morgan fingerprint density at radius 1 is 1.21 bits per heavy atom. The van der Waals surface area contributed by atoms with Gasteiger partial charge in [0.1, 0.15) is 0 Å². The summed E-state index contributed by atoms with van der Waals surface area (Å²) < 4.78 is 0. The zero-order chi connectivity index (χ0) is 19.6. The number of hydrogen-bond donors (Lipinski definition) is 2. The number of hydrogen-bond acceptors (Lipinski definition) is 4. The van der Waals surface area contributed by atoms with Crippen molar-refractivity contribution in [3.05, 3.63) is 52.0 Å². The highest BCUT2D eigenvalue weighted by Gasteiger charge is 2.20. The zero-order valence-corrected chi connectivity index (χ0v) is 20.7. The first-order valence-corrected chi connectivity index (χ1v) is 11.2. The quantitative estimate of drug-likeness (QED) is 0.235. The number of aromatic nitrogens is 1. The number of rotatable bonds is 8. The lowest BCUT2D eigenvalue weighted by molar-refractivity contribution is 0.176. The van der Waals surface area contributed by atoms with Gasteiger partial charge in [-0.3, -0.25) is 9.89 Å². The van der Waals surface area contributed by atoms with E-state index in [1.165, 1.54) is 24.1 Å². The van der Waals surface area contributed by atoms with Crippen molar-refractivity contribution in [2.45, 2.75) is 39.2 Å². The van der Waals surface area contributed by atoms with E-state index in [0.29, 0.717) is 0 Å². The number of piperidine rings is 1. The Balaban J connectivity index is 0.00000300. The lowest BCUT2D eigenvalue weighted by Crippen LogP contribution is -2.43. The van der Waals surface area contributed by atoms with Crippen LogP contribution >= 0.6 is 35.3 Å². The molecule has 1 aliphatic heterocycles. The Hall–Kier alpha value is -1.19. The third kappa shape index (κ3) is 8.60. The van der Waals surface area contributed by atoms with Crippen molar-refractivity contribution >= 4 is 41.3 Å². The number of aryl methyl sites for hydroxylation is 2. The van der Waals surface area contributed by atoms with Gasteiger partial charge < -0.3 is 10.6 Å². The summed E-state index contributed by atoms with van der Waals surface area (Å²) in [4.78, 5) is 11.5. The smallest absolute Gasteiger partial charge is 0.190 e. The van der Waals surface area contributed by atoms with Crippen LogP contribution in [0.15, 0.2) is 40.7 Å². The molecule has 0 atom stereocenters. The second-order valence-corrected chi connectivity index (χ2v) is 8.61. The Bertz CT molecular complexity index is 726. The molecule has 0 amide bonds.